The minimum absolute atomic E-state index is 0. The Bertz CT molecular complexity index is 519. The third-order valence-electron chi connectivity index (χ3n) is 4.89. The highest BCUT2D eigenvalue weighted by atomic mass is 35.5. The van der Waals surface area contributed by atoms with Crippen molar-refractivity contribution in [1.29, 1.82) is 0 Å². The van der Waals surface area contributed by atoms with Crippen LogP contribution in [0, 0.1) is 5.92 Å². The maximum absolute atomic E-state index is 12.5. The molecule has 0 saturated carbocycles. The number of carbonyl (C=O) groups excluding carboxylic acids is 1. The number of piperidine rings is 1. The fraction of sp³-hybridized carbons (Fsp3) is 0.632. The van der Waals surface area contributed by atoms with Crippen LogP contribution >= 0.6 is 12.4 Å². The van der Waals surface area contributed by atoms with Crippen molar-refractivity contribution in [2.24, 2.45) is 5.92 Å². The molecule has 5 nitrogen and oxygen atoms in total. The van der Waals surface area contributed by atoms with Gasteiger partial charge >= 0.3 is 0 Å². The van der Waals surface area contributed by atoms with E-state index in [0.717, 1.165) is 36.9 Å². The van der Waals surface area contributed by atoms with E-state index in [2.05, 4.69) is 10.2 Å². The van der Waals surface area contributed by atoms with Crippen LogP contribution in [0.1, 0.15) is 24.8 Å². The normalized spacial score (nSPS) is 15.5. The van der Waals surface area contributed by atoms with Crippen molar-refractivity contribution in [1.82, 2.24) is 15.1 Å². The van der Waals surface area contributed by atoms with Gasteiger partial charge in [0.05, 0.1) is 13.7 Å². The molecule has 2 rings (SSSR count). The standard InChI is InChI=1S/C19H31N3O2.ClH/c1-20-11-8-16-9-12-22(13-10-16)15-19(23)21(2)14-17-6-4-5-7-18(17)24-3;/h4-7,16,20H,8-15H2,1-3H3;1H. The zero-order valence-corrected chi connectivity index (χ0v) is 16.5. The lowest BCUT2D eigenvalue weighted by molar-refractivity contribution is -0.132. The molecule has 0 bridgehead atoms. The van der Waals surface area contributed by atoms with Crippen molar-refractivity contribution in [3.63, 3.8) is 0 Å². The number of likely N-dealkylation sites (tertiary alicyclic amines) is 1. The highest BCUT2D eigenvalue weighted by Gasteiger charge is 2.22. The Kier molecular flexibility index (Phi) is 9.86. The molecule has 1 fully saturated rings. The van der Waals surface area contributed by atoms with Crippen LogP contribution < -0.4 is 10.1 Å². The summed E-state index contributed by atoms with van der Waals surface area (Å²) in [6.07, 6.45) is 3.64. The van der Waals surface area contributed by atoms with Gasteiger partial charge in [-0.2, -0.15) is 0 Å². The van der Waals surface area contributed by atoms with Gasteiger partial charge in [0.1, 0.15) is 5.75 Å². The van der Waals surface area contributed by atoms with E-state index in [-0.39, 0.29) is 18.3 Å². The van der Waals surface area contributed by atoms with Gasteiger partial charge in [-0.05, 0) is 57.9 Å². The van der Waals surface area contributed by atoms with Gasteiger partial charge in [0.15, 0.2) is 0 Å². The van der Waals surface area contributed by atoms with Gasteiger partial charge in [0.25, 0.3) is 0 Å². The first-order chi connectivity index (χ1) is 11.6. The van der Waals surface area contributed by atoms with Crippen molar-refractivity contribution in [3.8, 4) is 5.75 Å². The molecule has 0 radical (unpaired) electrons. The second-order valence-corrected chi connectivity index (χ2v) is 6.67. The Balaban J connectivity index is 0.00000312. The lowest BCUT2D eigenvalue weighted by Crippen LogP contribution is -2.42. The van der Waals surface area contributed by atoms with E-state index < -0.39 is 0 Å². The fourth-order valence-electron chi connectivity index (χ4n) is 3.27. The molecule has 142 valence electrons. The minimum Gasteiger partial charge on any atom is -0.496 e. The first-order valence-electron chi connectivity index (χ1n) is 8.86. The van der Waals surface area contributed by atoms with Crippen LogP contribution in [-0.2, 0) is 11.3 Å². The van der Waals surface area contributed by atoms with E-state index in [0.29, 0.717) is 13.1 Å². The van der Waals surface area contributed by atoms with Crippen LogP contribution in [-0.4, -0.2) is 63.1 Å². The number of nitrogens with zero attached hydrogens (tertiary/aromatic N) is 2. The van der Waals surface area contributed by atoms with Crippen molar-refractivity contribution >= 4 is 18.3 Å². The topological polar surface area (TPSA) is 44.8 Å². The van der Waals surface area contributed by atoms with E-state index in [1.165, 1.54) is 19.3 Å². The molecule has 1 heterocycles. The average Bonchev–Trinajstić information content (AvgIpc) is 2.61. The summed E-state index contributed by atoms with van der Waals surface area (Å²) in [7, 11) is 5.54. The summed E-state index contributed by atoms with van der Waals surface area (Å²) < 4.78 is 5.37. The molecule has 25 heavy (non-hydrogen) atoms. The molecule has 0 aliphatic carbocycles. The third kappa shape index (κ3) is 6.84. The molecule has 0 unspecified atom stereocenters. The van der Waals surface area contributed by atoms with Gasteiger partial charge in [-0.15, -0.1) is 12.4 Å². The molecule has 1 aliphatic rings. The lowest BCUT2D eigenvalue weighted by Gasteiger charge is -2.32. The minimum atomic E-state index is 0. The van der Waals surface area contributed by atoms with Crippen LogP contribution in [0.4, 0.5) is 0 Å². The monoisotopic (exact) mass is 369 g/mol. The number of nitrogens with one attached hydrogen (secondary N) is 1. The molecule has 0 spiro atoms. The summed E-state index contributed by atoms with van der Waals surface area (Å²) >= 11 is 0. The first kappa shape index (κ1) is 21.7. The molecule has 6 heteroatoms. The van der Waals surface area contributed by atoms with Crippen molar-refractivity contribution in [3.05, 3.63) is 29.8 Å². The molecule has 0 aromatic heterocycles. The van der Waals surface area contributed by atoms with Gasteiger partial charge in [-0.3, -0.25) is 9.69 Å². The van der Waals surface area contributed by atoms with Gasteiger partial charge in [-0.25, -0.2) is 0 Å². The smallest absolute Gasteiger partial charge is 0.236 e. The quantitative estimate of drug-likeness (QED) is 0.764. The summed E-state index contributed by atoms with van der Waals surface area (Å²) in [5.74, 6) is 1.81. The second-order valence-electron chi connectivity index (χ2n) is 6.67. The van der Waals surface area contributed by atoms with Crippen LogP contribution in [0.15, 0.2) is 24.3 Å². The van der Waals surface area contributed by atoms with Crippen molar-refractivity contribution in [2.45, 2.75) is 25.8 Å². The Labute approximate surface area is 158 Å². The van der Waals surface area contributed by atoms with Crippen LogP contribution in [0.2, 0.25) is 0 Å². The highest BCUT2D eigenvalue weighted by molar-refractivity contribution is 5.85. The maximum Gasteiger partial charge on any atom is 0.236 e. The number of carbonyl (C=O) groups is 1. The summed E-state index contributed by atoms with van der Waals surface area (Å²) in [6.45, 7) is 4.25. The van der Waals surface area contributed by atoms with Crippen molar-refractivity contribution < 1.29 is 9.53 Å². The zero-order valence-electron chi connectivity index (χ0n) is 15.7. The summed E-state index contributed by atoms with van der Waals surface area (Å²) in [5.41, 5.74) is 1.04. The highest BCUT2D eigenvalue weighted by Crippen LogP contribution is 2.21. The molecule has 1 aromatic rings. The Morgan fingerprint density at radius 2 is 2.00 bits per heavy atom. The van der Waals surface area contributed by atoms with Gasteiger partial charge in [0.2, 0.25) is 5.91 Å². The molecule has 1 aliphatic heterocycles. The number of benzene rings is 1. The Morgan fingerprint density at radius 3 is 2.64 bits per heavy atom. The van der Waals surface area contributed by atoms with E-state index in [1.807, 2.05) is 38.4 Å². The number of likely N-dealkylation sites (N-methyl/N-ethyl adjacent to an activating group) is 1. The molecule has 1 aromatic carbocycles. The fourth-order valence-corrected chi connectivity index (χ4v) is 3.27. The molecule has 1 amide bonds. The summed E-state index contributed by atoms with van der Waals surface area (Å²) in [5, 5.41) is 3.22. The number of ether oxygens (including phenoxy) is 1. The predicted octanol–water partition coefficient (Wildman–Crippen LogP) is 2.40. The lowest BCUT2D eigenvalue weighted by atomic mass is 9.93. The number of para-hydroxylation sites is 1. The number of hydrogen-bond donors (Lipinski definition) is 1. The maximum atomic E-state index is 12.5. The van der Waals surface area contributed by atoms with E-state index in [9.17, 15) is 4.79 Å². The molecule has 1 N–H and O–H groups in total. The van der Waals surface area contributed by atoms with Crippen LogP contribution in [0.25, 0.3) is 0 Å². The number of hydrogen-bond acceptors (Lipinski definition) is 4. The van der Waals surface area contributed by atoms with Crippen molar-refractivity contribution in [2.75, 3.05) is 47.4 Å². The van der Waals surface area contributed by atoms with Crippen LogP contribution in [0.3, 0.4) is 0 Å². The third-order valence-corrected chi connectivity index (χ3v) is 4.89. The van der Waals surface area contributed by atoms with Gasteiger partial charge in [-0.1, -0.05) is 18.2 Å². The predicted molar refractivity (Wildman–Crippen MR) is 104 cm³/mol. The number of rotatable bonds is 8. The molecular formula is C19H32ClN3O2. The van der Waals surface area contributed by atoms with E-state index >= 15 is 0 Å². The summed E-state index contributed by atoms with van der Waals surface area (Å²) in [4.78, 5) is 16.6. The summed E-state index contributed by atoms with van der Waals surface area (Å²) in [6, 6.07) is 7.87. The second kappa shape index (κ2) is 11.3. The first-order valence-corrected chi connectivity index (χ1v) is 8.86. The largest absolute Gasteiger partial charge is 0.496 e. The number of methoxy groups -OCH3 is 1. The van der Waals surface area contributed by atoms with Gasteiger partial charge < -0.3 is 15.0 Å². The zero-order chi connectivity index (χ0) is 17.4. The Hall–Kier alpha value is -1.30. The Morgan fingerprint density at radius 1 is 1.32 bits per heavy atom. The van der Waals surface area contributed by atoms with E-state index in [1.54, 1.807) is 12.0 Å². The van der Waals surface area contributed by atoms with Crippen LogP contribution in [0.5, 0.6) is 5.75 Å². The molecular weight excluding hydrogens is 338 g/mol. The number of halogens is 1. The molecule has 1 saturated heterocycles. The molecule has 0 atom stereocenters. The number of amides is 1. The van der Waals surface area contributed by atoms with Gasteiger partial charge in [0, 0.05) is 19.2 Å². The van der Waals surface area contributed by atoms with E-state index in [4.69, 9.17) is 4.74 Å². The average molecular weight is 370 g/mol. The SMILES string of the molecule is CNCCC1CCN(CC(=O)N(C)Cc2ccccc2OC)CC1.Cl.